The summed E-state index contributed by atoms with van der Waals surface area (Å²) in [6.45, 7) is 18.9. The first-order valence-corrected chi connectivity index (χ1v) is 19.8. The van der Waals surface area contributed by atoms with Gasteiger partial charge in [-0.2, -0.15) is 0 Å². The standard InChI is InChI=1S/C42H71N5O8/c1-15-27(4)35(46(12)38(50)34(26(2)3)45-40(52)42(9,10)43-11)32(53-13)25-33(48)47-23-19-22-31(47)36(54-14)28(5)37(49)44-30(39(51)55-41(6,7)8)24-29-20-17-16-18-21-29/h16-18,20-21,26-28,30-32,34-36,43H,15,19,22-25H2,1-14H3,(H,44,49)(H,45,52)/t27?,28-,30+,31+,32-,34+,35+,36-/m1/s1. The van der Waals surface area contributed by atoms with Gasteiger partial charge in [-0.15, -0.1) is 0 Å². The second-order valence-electron chi connectivity index (χ2n) is 16.9. The summed E-state index contributed by atoms with van der Waals surface area (Å²) in [4.78, 5) is 72.0. The second-order valence-corrected chi connectivity index (χ2v) is 16.9. The monoisotopic (exact) mass is 774 g/mol. The third-order valence-electron chi connectivity index (χ3n) is 11.0. The molecular weight excluding hydrogens is 702 g/mol. The third-order valence-corrected chi connectivity index (χ3v) is 11.0. The van der Waals surface area contributed by atoms with Gasteiger partial charge in [-0.3, -0.25) is 19.2 Å². The van der Waals surface area contributed by atoms with E-state index in [-0.39, 0.29) is 48.3 Å². The molecule has 0 aliphatic carbocycles. The smallest absolute Gasteiger partial charge is 0.329 e. The molecule has 1 aromatic rings. The molecular formula is C42H71N5O8. The van der Waals surface area contributed by atoms with Gasteiger partial charge in [0.1, 0.15) is 17.7 Å². The van der Waals surface area contributed by atoms with E-state index in [9.17, 15) is 24.0 Å². The molecule has 4 amide bonds. The number of methoxy groups -OCH3 is 2. The van der Waals surface area contributed by atoms with E-state index in [0.717, 1.165) is 18.4 Å². The molecule has 13 heteroatoms. The lowest BCUT2D eigenvalue weighted by Gasteiger charge is -2.41. The Kier molecular flexibility index (Phi) is 18.3. The lowest BCUT2D eigenvalue weighted by Crippen LogP contribution is -2.61. The van der Waals surface area contributed by atoms with Crippen LogP contribution in [0.1, 0.15) is 100 Å². The van der Waals surface area contributed by atoms with Crippen LogP contribution < -0.4 is 16.0 Å². The van der Waals surface area contributed by atoms with Crippen LogP contribution in [-0.2, 0) is 44.6 Å². The van der Waals surface area contributed by atoms with E-state index in [0.29, 0.717) is 13.0 Å². The number of likely N-dealkylation sites (tertiary alicyclic amines) is 1. The first-order valence-electron chi connectivity index (χ1n) is 19.8. The first-order chi connectivity index (χ1) is 25.6. The van der Waals surface area contributed by atoms with Gasteiger partial charge >= 0.3 is 5.97 Å². The lowest BCUT2D eigenvalue weighted by molar-refractivity contribution is -0.159. The highest BCUT2D eigenvalue weighted by atomic mass is 16.6. The molecule has 0 saturated carbocycles. The van der Waals surface area contributed by atoms with Crippen molar-refractivity contribution in [3.63, 3.8) is 0 Å². The summed E-state index contributed by atoms with van der Waals surface area (Å²) in [6, 6.07) is 6.85. The number of carbonyl (C=O) groups excluding carboxylic acids is 5. The zero-order valence-electron chi connectivity index (χ0n) is 36.0. The summed E-state index contributed by atoms with van der Waals surface area (Å²) in [5, 5.41) is 8.86. The molecule has 0 aromatic heterocycles. The van der Waals surface area contributed by atoms with Gasteiger partial charge in [0.25, 0.3) is 0 Å². The Labute approximate surface area is 330 Å². The number of hydrogen-bond acceptors (Lipinski definition) is 9. The van der Waals surface area contributed by atoms with E-state index >= 15 is 0 Å². The number of carbonyl (C=O) groups is 5. The predicted octanol–water partition coefficient (Wildman–Crippen LogP) is 4.11. The summed E-state index contributed by atoms with van der Waals surface area (Å²) >= 11 is 0. The number of nitrogens with zero attached hydrogens (tertiary/aromatic N) is 2. The highest BCUT2D eigenvalue weighted by Crippen LogP contribution is 2.30. The van der Waals surface area contributed by atoms with Gasteiger partial charge in [-0.05, 0) is 71.9 Å². The van der Waals surface area contributed by atoms with Crippen molar-refractivity contribution >= 4 is 29.6 Å². The Balaban J connectivity index is 2.31. The molecule has 1 aliphatic heterocycles. The van der Waals surface area contributed by atoms with Crippen molar-refractivity contribution in [1.29, 1.82) is 0 Å². The van der Waals surface area contributed by atoms with Gasteiger partial charge in [0.15, 0.2) is 0 Å². The minimum atomic E-state index is -0.923. The van der Waals surface area contributed by atoms with E-state index in [1.807, 2.05) is 58.0 Å². The zero-order valence-corrected chi connectivity index (χ0v) is 36.0. The van der Waals surface area contributed by atoms with Gasteiger partial charge in [0.2, 0.25) is 23.6 Å². The van der Waals surface area contributed by atoms with Crippen LogP contribution >= 0.6 is 0 Å². The van der Waals surface area contributed by atoms with Crippen LogP contribution in [0.15, 0.2) is 30.3 Å². The molecule has 0 radical (unpaired) electrons. The molecule has 0 bridgehead atoms. The molecule has 8 atom stereocenters. The van der Waals surface area contributed by atoms with Crippen LogP contribution in [0.4, 0.5) is 0 Å². The number of hydrogen-bond donors (Lipinski definition) is 3. The summed E-state index contributed by atoms with van der Waals surface area (Å²) in [5.74, 6) is -2.57. The third kappa shape index (κ3) is 13.3. The quantitative estimate of drug-likeness (QED) is 0.166. The minimum absolute atomic E-state index is 0.0000772. The van der Waals surface area contributed by atoms with Gasteiger partial charge in [0, 0.05) is 34.2 Å². The average Bonchev–Trinajstić information content (AvgIpc) is 3.62. The molecule has 2 rings (SSSR count). The predicted molar refractivity (Wildman–Crippen MR) is 214 cm³/mol. The topological polar surface area (TPSA) is 156 Å². The summed E-state index contributed by atoms with van der Waals surface area (Å²) in [7, 11) is 6.49. The highest BCUT2D eigenvalue weighted by Gasteiger charge is 2.43. The highest BCUT2D eigenvalue weighted by molar-refractivity contribution is 5.92. The van der Waals surface area contributed by atoms with Crippen LogP contribution in [0, 0.1) is 17.8 Å². The summed E-state index contributed by atoms with van der Waals surface area (Å²) in [5.41, 5.74) is -0.746. The summed E-state index contributed by atoms with van der Waals surface area (Å²) in [6.07, 6.45) is 1.03. The van der Waals surface area contributed by atoms with E-state index in [1.165, 1.54) is 7.11 Å². The van der Waals surface area contributed by atoms with Crippen molar-refractivity contribution < 1.29 is 38.2 Å². The maximum absolute atomic E-state index is 14.2. The molecule has 1 heterocycles. The van der Waals surface area contributed by atoms with Gasteiger partial charge < -0.3 is 40.0 Å². The summed E-state index contributed by atoms with van der Waals surface area (Å²) < 4.78 is 17.6. The lowest BCUT2D eigenvalue weighted by atomic mass is 9.89. The molecule has 1 fully saturated rings. The fraction of sp³-hybridized carbons (Fsp3) is 0.738. The molecule has 0 spiro atoms. The van der Waals surface area contributed by atoms with Crippen LogP contribution in [-0.4, -0.2) is 122 Å². The Morgan fingerprint density at radius 2 is 1.56 bits per heavy atom. The first kappa shape index (κ1) is 47.6. The van der Waals surface area contributed by atoms with Crippen molar-refractivity contribution in [2.45, 2.75) is 149 Å². The van der Waals surface area contributed by atoms with Crippen molar-refractivity contribution in [3.8, 4) is 0 Å². The molecule has 312 valence electrons. The molecule has 1 aromatic carbocycles. The Bertz CT molecular complexity index is 1410. The van der Waals surface area contributed by atoms with Gasteiger partial charge in [-0.1, -0.05) is 71.4 Å². The van der Waals surface area contributed by atoms with Crippen LogP contribution in [0.5, 0.6) is 0 Å². The van der Waals surface area contributed by atoms with Crippen LogP contribution in [0.3, 0.4) is 0 Å². The molecule has 3 N–H and O–H groups in total. The Morgan fingerprint density at radius 3 is 2.07 bits per heavy atom. The van der Waals surface area contributed by atoms with Crippen molar-refractivity contribution in [1.82, 2.24) is 25.8 Å². The van der Waals surface area contributed by atoms with Crippen molar-refractivity contribution in [2.75, 3.05) is 34.9 Å². The molecule has 13 nitrogen and oxygen atoms in total. The number of amides is 4. The Hall–Kier alpha value is -3.55. The van der Waals surface area contributed by atoms with Crippen LogP contribution in [0.2, 0.25) is 0 Å². The SMILES string of the molecule is CCC(C)[C@@H]([C@@H](CC(=O)N1CCC[C@H]1[C@H](OC)[C@@H](C)C(=O)N[C@@H](Cc1ccccc1)C(=O)OC(C)(C)C)OC)N(C)C(=O)[C@@H](NC(=O)C(C)(C)NC)C(C)C. The average molecular weight is 774 g/mol. The molecule has 1 aliphatic rings. The van der Waals surface area contributed by atoms with E-state index in [1.54, 1.807) is 72.5 Å². The maximum Gasteiger partial charge on any atom is 0.329 e. The maximum atomic E-state index is 14.2. The second kappa shape index (κ2) is 21.1. The number of nitrogens with one attached hydrogen (secondary N) is 3. The fourth-order valence-electron chi connectivity index (χ4n) is 7.19. The number of rotatable bonds is 20. The van der Waals surface area contributed by atoms with Gasteiger partial charge in [0.05, 0.1) is 42.2 Å². The number of esters is 1. The largest absolute Gasteiger partial charge is 0.458 e. The minimum Gasteiger partial charge on any atom is -0.458 e. The molecule has 55 heavy (non-hydrogen) atoms. The normalized spacial score (nSPS) is 18.7. The van der Waals surface area contributed by atoms with E-state index in [4.69, 9.17) is 14.2 Å². The van der Waals surface area contributed by atoms with Gasteiger partial charge in [-0.25, -0.2) is 4.79 Å². The number of likely N-dealkylation sites (N-methyl/N-ethyl adjacent to an activating group) is 2. The Morgan fingerprint density at radius 1 is 0.945 bits per heavy atom. The van der Waals surface area contributed by atoms with E-state index < -0.39 is 59.4 Å². The van der Waals surface area contributed by atoms with Crippen molar-refractivity contribution in [3.05, 3.63) is 35.9 Å². The van der Waals surface area contributed by atoms with Crippen molar-refractivity contribution in [2.24, 2.45) is 17.8 Å². The van der Waals surface area contributed by atoms with Crippen LogP contribution in [0.25, 0.3) is 0 Å². The molecule has 1 saturated heterocycles. The number of benzene rings is 1. The zero-order chi connectivity index (χ0) is 41.8. The van der Waals surface area contributed by atoms with E-state index in [2.05, 4.69) is 16.0 Å². The molecule has 1 unspecified atom stereocenters. The fourth-order valence-corrected chi connectivity index (χ4v) is 7.19. The number of ether oxygens (including phenoxy) is 3.